The molecule has 0 aromatic heterocycles. The van der Waals surface area contributed by atoms with Gasteiger partial charge in [0.2, 0.25) is 5.91 Å². The molecule has 1 rings (SSSR count). The van der Waals surface area contributed by atoms with Crippen LogP contribution in [-0.2, 0) is 9.59 Å². The van der Waals surface area contributed by atoms with Crippen molar-refractivity contribution in [1.29, 1.82) is 0 Å². The summed E-state index contributed by atoms with van der Waals surface area (Å²) in [6.07, 6.45) is 1.95. The Balaban J connectivity index is 3.06. The molecule has 1 aliphatic carbocycles. The fourth-order valence-electron chi connectivity index (χ4n) is 1.34. The van der Waals surface area contributed by atoms with Crippen LogP contribution in [0.4, 0.5) is 0 Å². The summed E-state index contributed by atoms with van der Waals surface area (Å²) >= 11 is 0. The number of aliphatic carboxylic acids is 1. The largest absolute Gasteiger partial charge is 0.508 e. The van der Waals surface area contributed by atoms with Gasteiger partial charge >= 0.3 is 5.97 Å². The minimum absolute atomic E-state index is 0.184. The van der Waals surface area contributed by atoms with E-state index in [1.807, 2.05) is 0 Å². The predicted molar refractivity (Wildman–Crippen MR) is 49.8 cm³/mol. The van der Waals surface area contributed by atoms with Crippen LogP contribution in [0.15, 0.2) is 23.5 Å². The van der Waals surface area contributed by atoms with E-state index in [9.17, 15) is 14.7 Å². The monoisotopic (exact) mass is 213 g/mol. The minimum Gasteiger partial charge on any atom is -0.508 e. The van der Waals surface area contributed by atoms with Gasteiger partial charge in [0.15, 0.2) is 5.72 Å². The Kier molecular flexibility index (Phi) is 2.81. The zero-order valence-electron chi connectivity index (χ0n) is 8.02. The Morgan fingerprint density at radius 1 is 1.53 bits per heavy atom. The lowest BCUT2D eigenvalue weighted by Crippen LogP contribution is -2.51. The molecule has 0 bridgehead atoms. The van der Waals surface area contributed by atoms with Gasteiger partial charge in [-0.1, -0.05) is 0 Å². The lowest BCUT2D eigenvalue weighted by Gasteiger charge is -2.30. The van der Waals surface area contributed by atoms with E-state index in [4.69, 9.17) is 10.2 Å². The summed E-state index contributed by atoms with van der Waals surface area (Å²) < 4.78 is 0. The van der Waals surface area contributed by atoms with Crippen molar-refractivity contribution >= 4 is 11.9 Å². The molecule has 6 nitrogen and oxygen atoms in total. The molecule has 4 N–H and O–H groups in total. The van der Waals surface area contributed by atoms with Crippen molar-refractivity contribution in [2.24, 2.45) is 0 Å². The summed E-state index contributed by atoms with van der Waals surface area (Å²) in [5.41, 5.74) is -2.41. The summed E-state index contributed by atoms with van der Waals surface area (Å²) in [5, 5.41) is 29.9. The average molecular weight is 213 g/mol. The lowest BCUT2D eigenvalue weighted by molar-refractivity contribution is -0.137. The van der Waals surface area contributed by atoms with Gasteiger partial charge in [-0.15, -0.1) is 0 Å². The van der Waals surface area contributed by atoms with Crippen LogP contribution in [0.25, 0.3) is 0 Å². The summed E-state index contributed by atoms with van der Waals surface area (Å²) in [6, 6.07) is 0. The highest BCUT2D eigenvalue weighted by molar-refractivity contribution is 5.91. The maximum Gasteiger partial charge on any atom is 0.336 e. The third-order valence-corrected chi connectivity index (χ3v) is 1.96. The maximum atomic E-state index is 10.8. The summed E-state index contributed by atoms with van der Waals surface area (Å²) in [7, 11) is 0. The van der Waals surface area contributed by atoms with Gasteiger partial charge in [-0.2, -0.15) is 0 Å². The molecule has 15 heavy (non-hydrogen) atoms. The number of carbonyl (C=O) groups is 2. The molecule has 0 saturated heterocycles. The molecular formula is C9H11NO5. The molecule has 0 saturated carbocycles. The van der Waals surface area contributed by atoms with Gasteiger partial charge in [0.05, 0.1) is 5.57 Å². The van der Waals surface area contributed by atoms with Gasteiger partial charge in [-0.3, -0.25) is 4.79 Å². The number of hydrogen-bond donors (Lipinski definition) is 4. The molecule has 82 valence electrons. The molecule has 0 heterocycles. The van der Waals surface area contributed by atoms with Crippen LogP contribution < -0.4 is 5.32 Å². The molecule has 6 heteroatoms. The minimum atomic E-state index is -1.95. The number of carboxylic acids is 1. The van der Waals surface area contributed by atoms with Gasteiger partial charge in [0, 0.05) is 13.3 Å². The van der Waals surface area contributed by atoms with Crippen molar-refractivity contribution < 1.29 is 24.9 Å². The van der Waals surface area contributed by atoms with Crippen LogP contribution in [0.5, 0.6) is 0 Å². The van der Waals surface area contributed by atoms with Crippen molar-refractivity contribution in [3.63, 3.8) is 0 Å². The van der Waals surface area contributed by atoms with E-state index in [2.05, 4.69) is 5.32 Å². The molecule has 1 amide bonds. The highest BCUT2D eigenvalue weighted by Gasteiger charge is 2.38. The number of carbonyl (C=O) groups excluding carboxylic acids is 1. The fourth-order valence-corrected chi connectivity index (χ4v) is 1.34. The second kappa shape index (κ2) is 3.74. The van der Waals surface area contributed by atoms with Crippen molar-refractivity contribution in [2.75, 3.05) is 0 Å². The number of aliphatic hydroxyl groups excluding tert-OH is 1. The Bertz CT molecular complexity index is 371. The molecular weight excluding hydrogens is 202 g/mol. The van der Waals surface area contributed by atoms with Gasteiger partial charge in [0.25, 0.3) is 0 Å². The van der Waals surface area contributed by atoms with Crippen LogP contribution in [0.1, 0.15) is 13.3 Å². The van der Waals surface area contributed by atoms with E-state index in [0.29, 0.717) is 0 Å². The Morgan fingerprint density at radius 2 is 2.13 bits per heavy atom. The van der Waals surface area contributed by atoms with Gasteiger partial charge in [0.1, 0.15) is 5.76 Å². The van der Waals surface area contributed by atoms with Crippen molar-refractivity contribution in [3.8, 4) is 0 Å². The first kappa shape index (κ1) is 11.3. The SMILES string of the molecule is CC(=O)NC1(O)CC=C(O)C=C1C(=O)O. The summed E-state index contributed by atoms with van der Waals surface area (Å²) in [5.74, 6) is -2.20. The number of carboxylic acid groups (broad SMARTS) is 1. The summed E-state index contributed by atoms with van der Waals surface area (Å²) in [4.78, 5) is 21.6. The number of allylic oxidation sites excluding steroid dienone is 1. The first-order valence-electron chi connectivity index (χ1n) is 4.21. The Hall–Kier alpha value is -1.82. The van der Waals surface area contributed by atoms with E-state index in [-0.39, 0.29) is 12.2 Å². The van der Waals surface area contributed by atoms with Gasteiger partial charge in [-0.25, -0.2) is 4.79 Å². The highest BCUT2D eigenvalue weighted by atomic mass is 16.4. The third-order valence-electron chi connectivity index (χ3n) is 1.96. The van der Waals surface area contributed by atoms with Gasteiger partial charge < -0.3 is 20.6 Å². The number of amides is 1. The third kappa shape index (κ3) is 2.35. The van der Waals surface area contributed by atoms with Crippen LogP contribution >= 0.6 is 0 Å². The standard InChI is InChI=1S/C9H11NO5/c1-5(11)10-9(15)3-2-6(12)4-7(9)8(13)14/h2,4,12,15H,3H2,1H3,(H,10,11)(H,13,14). The van der Waals surface area contributed by atoms with E-state index in [1.54, 1.807) is 0 Å². The topological polar surface area (TPSA) is 107 Å². The molecule has 0 aromatic carbocycles. The summed E-state index contributed by atoms with van der Waals surface area (Å²) in [6.45, 7) is 1.16. The predicted octanol–water partition coefficient (Wildman–Crippen LogP) is -0.332. The molecule has 0 fully saturated rings. The molecule has 0 aromatic rings. The van der Waals surface area contributed by atoms with E-state index < -0.39 is 23.2 Å². The maximum absolute atomic E-state index is 10.8. The van der Waals surface area contributed by atoms with Crippen molar-refractivity contribution in [3.05, 3.63) is 23.5 Å². The second-order valence-corrected chi connectivity index (χ2v) is 3.24. The first-order chi connectivity index (χ1) is 6.85. The Morgan fingerprint density at radius 3 is 2.60 bits per heavy atom. The van der Waals surface area contributed by atoms with Crippen molar-refractivity contribution in [2.45, 2.75) is 19.1 Å². The number of aliphatic hydroxyl groups is 2. The average Bonchev–Trinajstić information content (AvgIpc) is 2.08. The molecule has 0 aliphatic heterocycles. The van der Waals surface area contributed by atoms with Crippen LogP contribution in [0.2, 0.25) is 0 Å². The molecule has 0 radical (unpaired) electrons. The quantitative estimate of drug-likeness (QED) is 0.470. The van der Waals surface area contributed by atoms with Crippen LogP contribution in [-0.4, -0.2) is 32.9 Å². The molecule has 1 aliphatic rings. The van der Waals surface area contributed by atoms with Crippen LogP contribution in [0, 0.1) is 0 Å². The number of rotatable bonds is 2. The van der Waals surface area contributed by atoms with Crippen molar-refractivity contribution in [1.82, 2.24) is 5.32 Å². The number of nitrogens with one attached hydrogen (secondary N) is 1. The zero-order chi connectivity index (χ0) is 11.6. The molecule has 0 spiro atoms. The molecule has 1 atom stereocenters. The Labute approximate surface area is 85.5 Å². The normalized spacial score (nSPS) is 25.2. The van der Waals surface area contributed by atoms with E-state index >= 15 is 0 Å². The second-order valence-electron chi connectivity index (χ2n) is 3.24. The van der Waals surface area contributed by atoms with E-state index in [1.165, 1.54) is 6.08 Å². The smallest absolute Gasteiger partial charge is 0.336 e. The van der Waals surface area contributed by atoms with Gasteiger partial charge in [-0.05, 0) is 12.2 Å². The number of hydrogen-bond acceptors (Lipinski definition) is 4. The van der Waals surface area contributed by atoms with Crippen LogP contribution in [0.3, 0.4) is 0 Å². The fraction of sp³-hybridized carbons (Fsp3) is 0.333. The molecule has 1 unspecified atom stereocenters. The zero-order valence-corrected chi connectivity index (χ0v) is 8.02. The van der Waals surface area contributed by atoms with E-state index in [0.717, 1.165) is 13.0 Å². The highest BCUT2D eigenvalue weighted by Crippen LogP contribution is 2.25. The first-order valence-corrected chi connectivity index (χ1v) is 4.21. The lowest BCUT2D eigenvalue weighted by atomic mass is 9.93.